The van der Waals surface area contributed by atoms with Crippen LogP contribution in [0.4, 0.5) is 4.79 Å². The van der Waals surface area contributed by atoms with Crippen molar-refractivity contribution in [2.24, 2.45) is 0 Å². The third-order valence-electron chi connectivity index (χ3n) is 5.43. The molecule has 5 rings (SSSR count). The number of hydrogen-bond acceptors (Lipinski definition) is 2. The minimum absolute atomic E-state index is 0.109. The van der Waals surface area contributed by atoms with Crippen LogP contribution in [0.5, 0.6) is 0 Å². The molecule has 0 heterocycles. The monoisotopic (exact) mass is 319 g/mol. The van der Waals surface area contributed by atoms with Gasteiger partial charge in [0, 0.05) is 31.6 Å². The lowest BCUT2D eigenvalue weighted by Gasteiger charge is -2.14. The molecule has 3 aliphatic carbocycles. The van der Waals surface area contributed by atoms with Gasteiger partial charge >= 0.3 is 6.09 Å². The van der Waals surface area contributed by atoms with Crippen molar-refractivity contribution in [3.05, 3.63) is 59.7 Å². The fourth-order valence-electron chi connectivity index (χ4n) is 3.97. The molecule has 121 valence electrons. The molecule has 0 saturated heterocycles. The van der Waals surface area contributed by atoms with E-state index in [9.17, 15) is 4.79 Å². The third kappa shape index (κ3) is 2.35. The minimum Gasteiger partial charge on any atom is -0.415 e. The molecule has 0 aromatic heterocycles. The van der Waals surface area contributed by atoms with Crippen LogP contribution in [0.1, 0.15) is 42.7 Å². The molecule has 2 saturated carbocycles. The van der Waals surface area contributed by atoms with Gasteiger partial charge in [0.15, 0.2) is 0 Å². The summed E-state index contributed by atoms with van der Waals surface area (Å²) in [6.07, 6.45) is 4.45. The number of hydrogen-bond donors (Lipinski definition) is 0. The van der Waals surface area contributed by atoms with E-state index < -0.39 is 0 Å². The zero-order chi connectivity index (χ0) is 16.1. The van der Waals surface area contributed by atoms with Crippen LogP contribution < -0.4 is 4.90 Å². The highest BCUT2D eigenvalue weighted by atomic mass is 16.6. The lowest BCUT2D eigenvalue weighted by atomic mass is 9.98. The van der Waals surface area contributed by atoms with Gasteiger partial charge in [-0.1, -0.05) is 53.4 Å². The van der Waals surface area contributed by atoms with Gasteiger partial charge in [0.2, 0.25) is 0 Å². The summed E-state index contributed by atoms with van der Waals surface area (Å²) in [4.78, 5) is 14.6. The highest BCUT2D eigenvalue weighted by molar-refractivity contribution is 5.79. The number of carbonyl (C=O) groups excluding carboxylic acids is 1. The van der Waals surface area contributed by atoms with Crippen molar-refractivity contribution in [2.45, 2.75) is 43.7 Å². The number of benzene rings is 2. The van der Waals surface area contributed by atoms with Crippen molar-refractivity contribution in [1.29, 1.82) is 0 Å². The predicted octanol–water partition coefficient (Wildman–Crippen LogP) is 4.40. The molecular weight excluding hydrogens is 298 g/mol. The molecule has 2 aromatic carbocycles. The Hall–Kier alpha value is -2.13. The Bertz CT molecular complexity index is 734. The topological polar surface area (TPSA) is 32.2 Å². The Kier molecular flexibility index (Phi) is 3.23. The molecule has 3 nitrogen and oxygen atoms in total. The van der Waals surface area contributed by atoms with E-state index in [4.69, 9.17) is 4.74 Å². The number of fused-ring (bicyclic) bond motifs is 3. The molecule has 0 spiro atoms. The number of nitrogens with zero attached hydrogens (tertiary/aromatic N) is 1. The quantitative estimate of drug-likeness (QED) is 0.782. The number of amides is 1. The van der Waals surface area contributed by atoms with E-state index in [-0.39, 0.29) is 12.0 Å². The van der Waals surface area contributed by atoms with Gasteiger partial charge < -0.3 is 4.74 Å². The van der Waals surface area contributed by atoms with Gasteiger partial charge in [-0.15, -0.1) is 0 Å². The molecule has 0 unspecified atom stereocenters. The first-order chi connectivity index (χ1) is 11.8. The van der Waals surface area contributed by atoms with E-state index in [0.717, 1.165) is 25.7 Å². The van der Waals surface area contributed by atoms with Crippen molar-refractivity contribution >= 4 is 6.09 Å². The first kappa shape index (κ1) is 14.2. The molecule has 0 N–H and O–H groups in total. The van der Waals surface area contributed by atoms with Crippen molar-refractivity contribution in [1.82, 2.24) is 4.90 Å². The van der Waals surface area contributed by atoms with E-state index in [1.165, 1.54) is 22.3 Å². The van der Waals surface area contributed by atoms with Crippen LogP contribution >= 0.6 is 0 Å². The Labute approximate surface area is 142 Å². The Morgan fingerprint density at radius 2 is 1.38 bits per heavy atom. The van der Waals surface area contributed by atoms with E-state index in [1.807, 2.05) is 4.90 Å². The summed E-state index contributed by atoms with van der Waals surface area (Å²) >= 11 is 0. The first-order valence-electron chi connectivity index (χ1n) is 8.96. The van der Waals surface area contributed by atoms with Crippen molar-refractivity contribution in [2.75, 3.05) is 6.61 Å². The molecule has 0 atom stereocenters. The molecule has 0 aliphatic heterocycles. The van der Waals surface area contributed by atoms with Crippen LogP contribution in [0.25, 0.3) is 11.1 Å². The fourth-order valence-corrected chi connectivity index (χ4v) is 3.97. The lowest BCUT2D eigenvalue weighted by molar-refractivity contribution is 0.120. The summed E-state index contributed by atoms with van der Waals surface area (Å²) in [5.74, 6) is 0.154. The maximum Gasteiger partial charge on any atom is 0.566 e. The van der Waals surface area contributed by atoms with Gasteiger partial charge in [0.05, 0.1) is 0 Å². The van der Waals surface area contributed by atoms with Crippen LogP contribution in [0, 0.1) is 0 Å². The number of ether oxygens (including phenoxy) is 1. The molecule has 1 amide bonds. The molecular formula is C21H21NO2+. The molecule has 3 heteroatoms. The maximum atomic E-state index is 12.6. The van der Waals surface area contributed by atoms with Crippen LogP contribution in [0.3, 0.4) is 0 Å². The van der Waals surface area contributed by atoms with Crippen LogP contribution in [0.2, 0.25) is 0 Å². The zero-order valence-electron chi connectivity index (χ0n) is 13.7. The van der Waals surface area contributed by atoms with Crippen molar-refractivity contribution < 1.29 is 9.53 Å². The van der Waals surface area contributed by atoms with Crippen LogP contribution in [0.15, 0.2) is 48.5 Å². The maximum absolute atomic E-state index is 12.6. The molecule has 24 heavy (non-hydrogen) atoms. The van der Waals surface area contributed by atoms with E-state index >= 15 is 0 Å². The van der Waals surface area contributed by atoms with Crippen molar-refractivity contribution in [3.8, 4) is 11.1 Å². The summed E-state index contributed by atoms with van der Waals surface area (Å²) in [5.41, 5.74) is 5.09. The summed E-state index contributed by atoms with van der Waals surface area (Å²) in [5, 5.41) is 0. The minimum atomic E-state index is -0.109. The van der Waals surface area contributed by atoms with E-state index in [2.05, 4.69) is 48.5 Å². The summed E-state index contributed by atoms with van der Waals surface area (Å²) in [6.45, 7) is 0.433. The second kappa shape index (κ2) is 5.45. The summed E-state index contributed by atoms with van der Waals surface area (Å²) < 4.78 is 5.79. The Balaban J connectivity index is 1.38. The largest absolute Gasteiger partial charge is 0.566 e. The molecule has 1 radical (unpaired) electrons. The van der Waals surface area contributed by atoms with Gasteiger partial charge in [-0.2, -0.15) is 4.79 Å². The van der Waals surface area contributed by atoms with Gasteiger partial charge in [0.25, 0.3) is 0 Å². The second-order valence-corrected chi connectivity index (χ2v) is 7.17. The highest BCUT2D eigenvalue weighted by Gasteiger charge is 2.54. The molecule has 3 aliphatic rings. The number of rotatable bonds is 4. The summed E-state index contributed by atoms with van der Waals surface area (Å²) in [7, 11) is 0. The van der Waals surface area contributed by atoms with E-state index in [0.29, 0.717) is 18.7 Å². The molecule has 2 aromatic rings. The number of carbonyl (C=O) groups is 1. The van der Waals surface area contributed by atoms with Crippen LogP contribution in [-0.4, -0.2) is 24.8 Å². The van der Waals surface area contributed by atoms with Gasteiger partial charge in [0.1, 0.15) is 18.7 Å². The lowest BCUT2D eigenvalue weighted by Crippen LogP contribution is -2.42. The van der Waals surface area contributed by atoms with Gasteiger partial charge in [-0.25, -0.2) is 0 Å². The first-order valence-corrected chi connectivity index (χ1v) is 8.96. The predicted molar refractivity (Wildman–Crippen MR) is 93.2 cm³/mol. The zero-order valence-corrected chi connectivity index (χ0v) is 13.7. The second-order valence-electron chi connectivity index (χ2n) is 7.17. The normalized spacial score (nSPS) is 19.2. The van der Waals surface area contributed by atoms with Crippen LogP contribution in [-0.2, 0) is 4.74 Å². The smallest absolute Gasteiger partial charge is 0.415 e. The average molecular weight is 319 g/mol. The average Bonchev–Trinajstić information content (AvgIpc) is 3.53. The fraction of sp³-hybridized carbons (Fsp3) is 0.381. The Morgan fingerprint density at radius 3 is 1.88 bits per heavy atom. The summed E-state index contributed by atoms with van der Waals surface area (Å²) in [6, 6.07) is 17.8. The van der Waals surface area contributed by atoms with E-state index in [1.54, 1.807) is 0 Å². The van der Waals surface area contributed by atoms with Gasteiger partial charge in [-0.05, 0) is 22.3 Å². The van der Waals surface area contributed by atoms with Crippen molar-refractivity contribution in [3.63, 3.8) is 0 Å². The standard InChI is InChI=1S/C21H21NO2/c23-21(22(14-9-10-14)15-11-12-15)24-13-20-18-7-3-1-5-16(18)17-6-2-4-8-19(17)20/h1-8,14-15,20H,9-13H2/q+1. The molecule has 2 fully saturated rings. The third-order valence-corrected chi connectivity index (χ3v) is 5.43. The highest BCUT2D eigenvalue weighted by Crippen LogP contribution is 2.44. The molecule has 0 bridgehead atoms. The Morgan fingerprint density at radius 1 is 0.875 bits per heavy atom. The van der Waals surface area contributed by atoms with Gasteiger partial charge in [-0.3, -0.25) is 0 Å². The SMILES string of the molecule is O=C(OCC1c2ccccc2-c2ccccc21)[N+](C1CC1)C1CC1.